The first-order valence-electron chi connectivity index (χ1n) is 8.00. The Morgan fingerprint density at radius 2 is 2.36 bits per heavy atom. The van der Waals surface area contributed by atoms with Crippen LogP contribution in [0.2, 0.25) is 0 Å². The van der Waals surface area contributed by atoms with E-state index in [4.69, 9.17) is 14.1 Å². The summed E-state index contributed by atoms with van der Waals surface area (Å²) in [5.74, 6) is 1.69. The zero-order chi connectivity index (χ0) is 15.4. The summed E-state index contributed by atoms with van der Waals surface area (Å²) in [7, 11) is 1.78. The van der Waals surface area contributed by atoms with E-state index in [0.717, 1.165) is 49.0 Å². The second kappa shape index (κ2) is 7.40. The normalized spacial score (nSPS) is 19.6. The molecule has 0 saturated carbocycles. The van der Waals surface area contributed by atoms with Gasteiger partial charge < -0.3 is 9.15 Å². The average molecular weight is 320 g/mol. The maximum Gasteiger partial charge on any atom is 0.227 e. The van der Waals surface area contributed by atoms with Crippen molar-refractivity contribution in [1.29, 1.82) is 0 Å². The minimum Gasteiger partial charge on any atom is -0.441 e. The van der Waals surface area contributed by atoms with Gasteiger partial charge in [-0.25, -0.2) is 4.98 Å². The Bertz CT molecular complexity index is 580. The summed E-state index contributed by atoms with van der Waals surface area (Å²) in [6.07, 6.45) is 4.96. The van der Waals surface area contributed by atoms with Crippen molar-refractivity contribution in [3.8, 4) is 11.5 Å². The molecule has 4 nitrogen and oxygen atoms in total. The fraction of sp³-hybridized carbons (Fsp3) is 0.588. The van der Waals surface area contributed by atoms with E-state index in [-0.39, 0.29) is 0 Å². The Hall–Kier alpha value is -1.17. The molecule has 22 heavy (non-hydrogen) atoms. The van der Waals surface area contributed by atoms with Crippen LogP contribution in [-0.2, 0) is 11.3 Å². The van der Waals surface area contributed by atoms with Gasteiger partial charge in [-0.2, -0.15) is 11.3 Å². The van der Waals surface area contributed by atoms with Crippen LogP contribution in [-0.4, -0.2) is 36.2 Å². The van der Waals surface area contributed by atoms with Crippen molar-refractivity contribution in [3.63, 3.8) is 0 Å². The lowest BCUT2D eigenvalue weighted by Crippen LogP contribution is -2.39. The second-order valence-electron chi connectivity index (χ2n) is 5.94. The van der Waals surface area contributed by atoms with Gasteiger partial charge in [0.1, 0.15) is 5.76 Å². The molecular formula is C17H24N2O2S. The van der Waals surface area contributed by atoms with Crippen LogP contribution in [0.1, 0.15) is 37.1 Å². The van der Waals surface area contributed by atoms with Gasteiger partial charge in [-0.1, -0.05) is 6.42 Å². The number of nitrogens with zero attached hydrogens (tertiary/aromatic N) is 2. The van der Waals surface area contributed by atoms with Gasteiger partial charge in [0.25, 0.3) is 0 Å². The average Bonchev–Trinajstić information content (AvgIpc) is 3.17. The summed E-state index contributed by atoms with van der Waals surface area (Å²) in [6, 6.07) is 2.66. The van der Waals surface area contributed by atoms with Crippen LogP contribution in [0.15, 0.2) is 21.2 Å². The molecule has 1 aliphatic heterocycles. The number of rotatable bonds is 6. The minimum absolute atomic E-state index is 0.606. The highest BCUT2D eigenvalue weighted by Gasteiger charge is 2.24. The number of hydrogen-bond acceptors (Lipinski definition) is 5. The van der Waals surface area contributed by atoms with Crippen LogP contribution >= 0.6 is 11.3 Å². The molecular weight excluding hydrogens is 296 g/mol. The summed E-state index contributed by atoms with van der Waals surface area (Å²) in [5.41, 5.74) is 2.15. The predicted octanol–water partition coefficient (Wildman–Crippen LogP) is 4.10. The Morgan fingerprint density at radius 3 is 3.14 bits per heavy atom. The van der Waals surface area contributed by atoms with Gasteiger partial charge in [0, 0.05) is 37.2 Å². The van der Waals surface area contributed by atoms with Gasteiger partial charge >= 0.3 is 0 Å². The van der Waals surface area contributed by atoms with Gasteiger partial charge in [-0.15, -0.1) is 0 Å². The number of likely N-dealkylation sites (tertiary alicyclic amines) is 1. The van der Waals surface area contributed by atoms with Crippen LogP contribution in [0, 0.1) is 6.92 Å². The predicted molar refractivity (Wildman–Crippen MR) is 89.1 cm³/mol. The van der Waals surface area contributed by atoms with Gasteiger partial charge in [-0.05, 0) is 44.2 Å². The molecule has 0 aliphatic carbocycles. The maximum atomic E-state index is 5.86. The molecule has 120 valence electrons. The Morgan fingerprint density at radius 1 is 1.45 bits per heavy atom. The van der Waals surface area contributed by atoms with E-state index in [2.05, 4.69) is 21.7 Å². The van der Waals surface area contributed by atoms with Crippen LogP contribution < -0.4 is 0 Å². The molecule has 2 aromatic rings. The van der Waals surface area contributed by atoms with E-state index in [1.54, 1.807) is 18.4 Å². The third-order valence-electron chi connectivity index (χ3n) is 4.42. The maximum absolute atomic E-state index is 5.86. The lowest BCUT2D eigenvalue weighted by Gasteiger charge is -2.35. The fourth-order valence-corrected chi connectivity index (χ4v) is 3.76. The molecule has 0 aromatic carbocycles. The number of thiophene rings is 1. The van der Waals surface area contributed by atoms with E-state index < -0.39 is 0 Å². The first-order valence-corrected chi connectivity index (χ1v) is 8.94. The standard InChI is InChI=1S/C17H24N2O2S/c1-13-16(18-17(21-13)14-7-10-22-12-14)11-19-8-4-3-5-15(19)6-9-20-2/h7,10,12,15H,3-6,8-9,11H2,1-2H3. The molecule has 3 rings (SSSR count). The van der Waals surface area contributed by atoms with Gasteiger partial charge in [-0.3, -0.25) is 4.90 Å². The highest BCUT2D eigenvalue weighted by molar-refractivity contribution is 7.08. The molecule has 1 aliphatic rings. The largest absolute Gasteiger partial charge is 0.441 e. The summed E-state index contributed by atoms with van der Waals surface area (Å²) < 4.78 is 11.1. The lowest BCUT2D eigenvalue weighted by atomic mass is 9.99. The van der Waals surface area contributed by atoms with Crippen molar-refractivity contribution >= 4 is 11.3 Å². The number of methoxy groups -OCH3 is 1. The molecule has 5 heteroatoms. The number of hydrogen-bond donors (Lipinski definition) is 0. The first kappa shape index (κ1) is 15.7. The van der Waals surface area contributed by atoms with Crippen molar-refractivity contribution in [2.24, 2.45) is 0 Å². The quantitative estimate of drug-likeness (QED) is 0.803. The Kier molecular flexibility index (Phi) is 5.28. The van der Waals surface area contributed by atoms with Gasteiger partial charge in [0.05, 0.1) is 5.69 Å². The van der Waals surface area contributed by atoms with Crippen molar-refractivity contribution in [2.75, 3.05) is 20.3 Å². The zero-order valence-electron chi connectivity index (χ0n) is 13.4. The smallest absolute Gasteiger partial charge is 0.227 e. The lowest BCUT2D eigenvalue weighted by molar-refractivity contribution is 0.0961. The van der Waals surface area contributed by atoms with Crippen LogP contribution in [0.5, 0.6) is 0 Å². The summed E-state index contributed by atoms with van der Waals surface area (Å²) in [6.45, 7) is 4.88. The number of aryl methyl sites for hydroxylation is 1. The van der Waals surface area contributed by atoms with Gasteiger partial charge in [0.15, 0.2) is 0 Å². The van der Waals surface area contributed by atoms with Crippen molar-refractivity contribution < 1.29 is 9.15 Å². The van der Waals surface area contributed by atoms with Crippen molar-refractivity contribution in [1.82, 2.24) is 9.88 Å². The van der Waals surface area contributed by atoms with E-state index in [0.29, 0.717) is 6.04 Å². The molecule has 1 unspecified atom stereocenters. The topological polar surface area (TPSA) is 38.5 Å². The summed E-state index contributed by atoms with van der Waals surface area (Å²) in [5, 5.41) is 4.14. The highest BCUT2D eigenvalue weighted by atomic mass is 32.1. The van der Waals surface area contributed by atoms with Crippen LogP contribution in [0.3, 0.4) is 0 Å². The molecule has 0 radical (unpaired) electrons. The number of piperidine rings is 1. The molecule has 0 amide bonds. The highest BCUT2D eigenvalue weighted by Crippen LogP contribution is 2.27. The van der Waals surface area contributed by atoms with Crippen molar-refractivity contribution in [2.45, 2.75) is 45.2 Å². The number of ether oxygens (including phenoxy) is 1. The third kappa shape index (κ3) is 3.59. The molecule has 0 bridgehead atoms. The number of oxazole rings is 1. The summed E-state index contributed by atoms with van der Waals surface area (Å²) >= 11 is 1.67. The Labute approximate surface area is 136 Å². The zero-order valence-corrected chi connectivity index (χ0v) is 14.2. The SMILES string of the molecule is COCCC1CCCCN1Cc1nc(-c2ccsc2)oc1C. The molecule has 1 atom stereocenters. The monoisotopic (exact) mass is 320 g/mol. The summed E-state index contributed by atoms with van der Waals surface area (Å²) in [4.78, 5) is 7.27. The Balaban J connectivity index is 1.71. The third-order valence-corrected chi connectivity index (χ3v) is 5.10. The molecule has 3 heterocycles. The minimum atomic E-state index is 0.606. The second-order valence-corrected chi connectivity index (χ2v) is 6.72. The number of aromatic nitrogens is 1. The van der Waals surface area contributed by atoms with E-state index in [1.807, 2.05) is 6.92 Å². The van der Waals surface area contributed by atoms with Crippen LogP contribution in [0.25, 0.3) is 11.5 Å². The van der Waals surface area contributed by atoms with E-state index in [1.165, 1.54) is 19.3 Å². The first-order chi connectivity index (χ1) is 10.8. The van der Waals surface area contributed by atoms with E-state index in [9.17, 15) is 0 Å². The molecule has 0 N–H and O–H groups in total. The molecule has 1 saturated heterocycles. The molecule has 0 spiro atoms. The molecule has 1 fully saturated rings. The van der Waals surface area contributed by atoms with Crippen LogP contribution in [0.4, 0.5) is 0 Å². The fourth-order valence-electron chi connectivity index (χ4n) is 3.13. The van der Waals surface area contributed by atoms with Crippen molar-refractivity contribution in [3.05, 3.63) is 28.3 Å². The van der Waals surface area contributed by atoms with Gasteiger partial charge in [0.2, 0.25) is 5.89 Å². The molecule has 2 aromatic heterocycles. The van der Waals surface area contributed by atoms with E-state index >= 15 is 0 Å².